The third-order valence-corrected chi connectivity index (χ3v) is 3.12. The molecule has 0 fully saturated rings. The zero-order chi connectivity index (χ0) is 10.7. The number of aromatic carboxylic acids is 1. The summed E-state index contributed by atoms with van der Waals surface area (Å²) in [5.41, 5.74) is 0. The SMILES string of the molecule is CCC(C)Nc1nc(Cl)c(C(=O)O)s1. The van der Waals surface area contributed by atoms with E-state index in [0.29, 0.717) is 5.13 Å². The summed E-state index contributed by atoms with van der Waals surface area (Å²) in [6.45, 7) is 4.03. The number of anilines is 1. The lowest BCUT2D eigenvalue weighted by Crippen LogP contribution is -2.12. The van der Waals surface area contributed by atoms with Crippen molar-refractivity contribution in [3.8, 4) is 0 Å². The molecular formula is C8H11ClN2O2S. The Morgan fingerprint density at radius 2 is 2.43 bits per heavy atom. The van der Waals surface area contributed by atoms with Gasteiger partial charge in [-0.1, -0.05) is 29.9 Å². The van der Waals surface area contributed by atoms with Crippen LogP contribution in [0, 0.1) is 0 Å². The molecule has 1 aromatic rings. The maximum Gasteiger partial charge on any atom is 0.349 e. The highest BCUT2D eigenvalue weighted by atomic mass is 35.5. The number of halogens is 1. The Morgan fingerprint density at radius 3 is 2.86 bits per heavy atom. The Balaban J connectivity index is 2.81. The normalized spacial score (nSPS) is 12.5. The fourth-order valence-electron chi connectivity index (χ4n) is 0.808. The van der Waals surface area contributed by atoms with Crippen LogP contribution in [0.1, 0.15) is 29.9 Å². The zero-order valence-corrected chi connectivity index (χ0v) is 9.45. The summed E-state index contributed by atoms with van der Waals surface area (Å²) < 4.78 is 0. The number of carboxylic acids is 1. The van der Waals surface area contributed by atoms with Crippen LogP contribution in [0.4, 0.5) is 5.13 Å². The van der Waals surface area contributed by atoms with Crippen LogP contribution < -0.4 is 5.32 Å². The fourth-order valence-corrected chi connectivity index (χ4v) is 1.95. The summed E-state index contributed by atoms with van der Waals surface area (Å²) >= 11 is 6.70. The van der Waals surface area contributed by atoms with E-state index in [-0.39, 0.29) is 16.1 Å². The Kier molecular flexibility index (Phi) is 3.71. The number of nitrogens with one attached hydrogen (secondary N) is 1. The van der Waals surface area contributed by atoms with Gasteiger partial charge in [0.15, 0.2) is 15.2 Å². The average Bonchev–Trinajstić information content (AvgIpc) is 2.46. The van der Waals surface area contributed by atoms with Crippen molar-refractivity contribution in [3.05, 3.63) is 10.0 Å². The summed E-state index contributed by atoms with van der Waals surface area (Å²) in [6.07, 6.45) is 0.944. The molecular weight excluding hydrogens is 224 g/mol. The molecule has 0 saturated heterocycles. The highest BCUT2D eigenvalue weighted by Gasteiger charge is 2.16. The second-order valence-electron chi connectivity index (χ2n) is 2.90. The van der Waals surface area contributed by atoms with Crippen molar-refractivity contribution in [3.63, 3.8) is 0 Å². The maximum absolute atomic E-state index is 10.6. The fraction of sp³-hybridized carbons (Fsp3) is 0.500. The van der Waals surface area contributed by atoms with E-state index < -0.39 is 5.97 Å². The van der Waals surface area contributed by atoms with Gasteiger partial charge in [0.25, 0.3) is 0 Å². The second kappa shape index (κ2) is 4.61. The van der Waals surface area contributed by atoms with E-state index in [4.69, 9.17) is 16.7 Å². The minimum atomic E-state index is -1.04. The summed E-state index contributed by atoms with van der Waals surface area (Å²) in [7, 11) is 0. The number of hydrogen-bond acceptors (Lipinski definition) is 4. The number of hydrogen-bond donors (Lipinski definition) is 2. The van der Waals surface area contributed by atoms with Crippen molar-refractivity contribution >= 4 is 34.0 Å². The van der Waals surface area contributed by atoms with Gasteiger partial charge in [-0.15, -0.1) is 0 Å². The lowest BCUT2D eigenvalue weighted by atomic mass is 10.3. The van der Waals surface area contributed by atoms with Gasteiger partial charge in [0, 0.05) is 6.04 Å². The first-order valence-electron chi connectivity index (χ1n) is 4.20. The molecule has 14 heavy (non-hydrogen) atoms. The number of thiazole rings is 1. The number of nitrogens with zero attached hydrogens (tertiary/aromatic N) is 1. The first-order chi connectivity index (χ1) is 6.54. The van der Waals surface area contributed by atoms with E-state index >= 15 is 0 Å². The number of carbonyl (C=O) groups is 1. The quantitative estimate of drug-likeness (QED) is 0.841. The summed E-state index contributed by atoms with van der Waals surface area (Å²) in [4.78, 5) is 14.6. The molecule has 0 spiro atoms. The van der Waals surface area contributed by atoms with Gasteiger partial charge in [-0.3, -0.25) is 0 Å². The molecule has 0 radical (unpaired) electrons. The van der Waals surface area contributed by atoms with Crippen molar-refractivity contribution in [2.45, 2.75) is 26.3 Å². The topological polar surface area (TPSA) is 62.2 Å². The first kappa shape index (κ1) is 11.3. The van der Waals surface area contributed by atoms with E-state index in [1.165, 1.54) is 0 Å². The van der Waals surface area contributed by atoms with Crippen LogP contribution in [0.2, 0.25) is 5.15 Å². The largest absolute Gasteiger partial charge is 0.477 e. The molecule has 0 aliphatic heterocycles. The van der Waals surface area contributed by atoms with Crippen molar-refractivity contribution in [1.29, 1.82) is 0 Å². The maximum atomic E-state index is 10.6. The molecule has 6 heteroatoms. The standard InChI is InChI=1S/C8H11ClN2O2S/c1-3-4(2)10-8-11-6(9)5(14-8)7(12)13/h4H,3H2,1-2H3,(H,10,11)(H,12,13). The number of aromatic nitrogens is 1. The first-order valence-corrected chi connectivity index (χ1v) is 5.40. The van der Waals surface area contributed by atoms with Crippen LogP contribution in [-0.4, -0.2) is 22.1 Å². The van der Waals surface area contributed by atoms with E-state index in [2.05, 4.69) is 10.3 Å². The summed E-state index contributed by atoms with van der Waals surface area (Å²) in [5.74, 6) is -1.04. The Hall–Kier alpha value is -0.810. The minimum absolute atomic E-state index is 0.0494. The molecule has 0 aliphatic rings. The van der Waals surface area contributed by atoms with E-state index in [0.717, 1.165) is 17.8 Å². The molecule has 1 heterocycles. The zero-order valence-electron chi connectivity index (χ0n) is 7.87. The van der Waals surface area contributed by atoms with Gasteiger partial charge in [-0.2, -0.15) is 0 Å². The lowest BCUT2D eigenvalue weighted by Gasteiger charge is -2.08. The van der Waals surface area contributed by atoms with E-state index in [1.54, 1.807) is 0 Å². The van der Waals surface area contributed by atoms with Gasteiger partial charge >= 0.3 is 5.97 Å². The minimum Gasteiger partial charge on any atom is -0.477 e. The van der Waals surface area contributed by atoms with Gasteiger partial charge < -0.3 is 10.4 Å². The smallest absolute Gasteiger partial charge is 0.349 e. The number of carboxylic acid groups (broad SMARTS) is 1. The Labute approximate surface area is 90.9 Å². The van der Waals surface area contributed by atoms with E-state index in [9.17, 15) is 4.79 Å². The predicted octanol–water partition coefficient (Wildman–Crippen LogP) is 2.71. The molecule has 1 unspecified atom stereocenters. The third-order valence-electron chi connectivity index (χ3n) is 1.76. The van der Waals surface area contributed by atoms with Crippen LogP contribution in [0.25, 0.3) is 0 Å². The molecule has 4 nitrogen and oxygen atoms in total. The number of rotatable bonds is 4. The molecule has 2 N–H and O–H groups in total. The van der Waals surface area contributed by atoms with Crippen LogP contribution in [0.15, 0.2) is 0 Å². The van der Waals surface area contributed by atoms with Gasteiger partial charge in [0.1, 0.15) is 0 Å². The molecule has 1 rings (SSSR count). The van der Waals surface area contributed by atoms with Crippen LogP contribution in [-0.2, 0) is 0 Å². The second-order valence-corrected chi connectivity index (χ2v) is 4.25. The Bertz CT molecular complexity index is 340. The summed E-state index contributed by atoms with van der Waals surface area (Å²) in [6, 6.07) is 0.263. The monoisotopic (exact) mass is 234 g/mol. The lowest BCUT2D eigenvalue weighted by molar-refractivity contribution is 0.0702. The Morgan fingerprint density at radius 1 is 1.79 bits per heavy atom. The molecule has 1 aromatic heterocycles. The third kappa shape index (κ3) is 2.59. The average molecular weight is 235 g/mol. The molecule has 0 aromatic carbocycles. The molecule has 0 aliphatic carbocycles. The van der Waals surface area contributed by atoms with Crippen molar-refractivity contribution in [2.75, 3.05) is 5.32 Å². The highest BCUT2D eigenvalue weighted by molar-refractivity contribution is 7.18. The van der Waals surface area contributed by atoms with Gasteiger partial charge in [-0.05, 0) is 13.3 Å². The highest BCUT2D eigenvalue weighted by Crippen LogP contribution is 2.27. The molecule has 0 saturated carbocycles. The van der Waals surface area contributed by atoms with Gasteiger partial charge in [0.2, 0.25) is 0 Å². The van der Waals surface area contributed by atoms with Gasteiger partial charge in [0.05, 0.1) is 0 Å². The molecule has 0 amide bonds. The van der Waals surface area contributed by atoms with Crippen molar-refractivity contribution in [1.82, 2.24) is 4.98 Å². The van der Waals surface area contributed by atoms with Crippen LogP contribution >= 0.6 is 22.9 Å². The van der Waals surface area contributed by atoms with Crippen LogP contribution in [0.3, 0.4) is 0 Å². The van der Waals surface area contributed by atoms with Gasteiger partial charge in [-0.25, -0.2) is 9.78 Å². The molecule has 78 valence electrons. The van der Waals surface area contributed by atoms with E-state index in [1.807, 2.05) is 13.8 Å². The molecule has 1 atom stereocenters. The van der Waals surface area contributed by atoms with Crippen LogP contribution in [0.5, 0.6) is 0 Å². The summed E-state index contributed by atoms with van der Waals surface area (Å²) in [5, 5.41) is 12.4. The molecule has 0 bridgehead atoms. The predicted molar refractivity (Wildman–Crippen MR) is 57.5 cm³/mol. The van der Waals surface area contributed by atoms with Crippen molar-refractivity contribution in [2.24, 2.45) is 0 Å². The van der Waals surface area contributed by atoms with Crippen molar-refractivity contribution < 1.29 is 9.90 Å².